The Morgan fingerprint density at radius 1 is 1.11 bits per heavy atom. The van der Waals surface area contributed by atoms with Crippen molar-refractivity contribution in [2.24, 2.45) is 0 Å². The molecule has 2 rings (SSSR count). The molecule has 0 amide bonds. The summed E-state index contributed by atoms with van der Waals surface area (Å²) in [7, 11) is 1.60. The van der Waals surface area contributed by atoms with Crippen molar-refractivity contribution < 1.29 is 4.74 Å². The molecular formula is C16H16Cl2O. The Labute approximate surface area is 124 Å². The van der Waals surface area contributed by atoms with Crippen molar-refractivity contribution in [3.63, 3.8) is 0 Å². The minimum Gasteiger partial charge on any atom is -0.495 e. The van der Waals surface area contributed by atoms with Gasteiger partial charge in [-0.25, -0.2) is 0 Å². The van der Waals surface area contributed by atoms with Crippen molar-refractivity contribution in [2.75, 3.05) is 7.11 Å². The lowest BCUT2D eigenvalue weighted by molar-refractivity contribution is 0.415. The van der Waals surface area contributed by atoms with E-state index in [1.807, 2.05) is 24.3 Å². The quantitative estimate of drug-likeness (QED) is 0.699. The van der Waals surface area contributed by atoms with Gasteiger partial charge in [-0.15, -0.1) is 11.6 Å². The van der Waals surface area contributed by atoms with E-state index in [1.165, 1.54) is 11.1 Å². The third-order valence-corrected chi connectivity index (χ3v) is 4.17. The largest absolute Gasteiger partial charge is 0.495 e. The van der Waals surface area contributed by atoms with E-state index in [1.54, 1.807) is 7.11 Å². The van der Waals surface area contributed by atoms with Crippen LogP contribution in [0.5, 0.6) is 5.75 Å². The van der Waals surface area contributed by atoms with Gasteiger partial charge in [0.25, 0.3) is 0 Å². The topological polar surface area (TPSA) is 9.23 Å². The van der Waals surface area contributed by atoms with Crippen LogP contribution >= 0.6 is 23.2 Å². The highest BCUT2D eigenvalue weighted by Gasteiger charge is 2.15. The second kappa shape index (κ2) is 5.85. The SMILES string of the molecule is COc1ccc(C(Cl)c2cccc(C)c2C)cc1Cl. The fourth-order valence-electron chi connectivity index (χ4n) is 2.07. The Kier molecular flexibility index (Phi) is 4.38. The molecule has 1 nitrogen and oxygen atoms in total. The monoisotopic (exact) mass is 294 g/mol. The summed E-state index contributed by atoms with van der Waals surface area (Å²) in [4.78, 5) is 0. The predicted octanol–water partition coefficient (Wildman–Crippen LogP) is 5.29. The number of methoxy groups -OCH3 is 1. The molecule has 3 heteroatoms. The second-order valence-electron chi connectivity index (χ2n) is 4.55. The average Bonchev–Trinajstić information content (AvgIpc) is 2.41. The molecule has 0 aromatic heterocycles. The summed E-state index contributed by atoms with van der Waals surface area (Å²) in [5, 5.41) is 0.374. The zero-order chi connectivity index (χ0) is 14.0. The van der Waals surface area contributed by atoms with Crippen LogP contribution in [-0.2, 0) is 0 Å². The molecule has 2 aromatic rings. The van der Waals surface area contributed by atoms with Crippen LogP contribution in [0.15, 0.2) is 36.4 Å². The Bertz CT molecular complexity index is 593. The molecule has 0 fully saturated rings. The molecule has 0 saturated heterocycles. The molecule has 1 atom stereocenters. The summed E-state index contributed by atoms with van der Waals surface area (Å²) in [6.07, 6.45) is 0. The van der Waals surface area contributed by atoms with Gasteiger partial charge in [-0.3, -0.25) is 0 Å². The molecule has 0 heterocycles. The maximum absolute atomic E-state index is 6.58. The van der Waals surface area contributed by atoms with Crippen LogP contribution < -0.4 is 4.74 Å². The first-order chi connectivity index (χ1) is 9.04. The number of rotatable bonds is 3. The van der Waals surface area contributed by atoms with Gasteiger partial charge in [0.15, 0.2) is 0 Å². The van der Waals surface area contributed by atoms with Gasteiger partial charge >= 0.3 is 0 Å². The van der Waals surface area contributed by atoms with Crippen molar-refractivity contribution in [3.8, 4) is 5.75 Å². The summed E-state index contributed by atoms with van der Waals surface area (Å²) in [6.45, 7) is 4.18. The summed E-state index contributed by atoms with van der Waals surface area (Å²) in [5.41, 5.74) is 4.54. The van der Waals surface area contributed by atoms with E-state index in [0.29, 0.717) is 10.8 Å². The van der Waals surface area contributed by atoms with Gasteiger partial charge in [0.05, 0.1) is 17.5 Å². The van der Waals surface area contributed by atoms with Crippen molar-refractivity contribution in [1.29, 1.82) is 0 Å². The summed E-state index contributed by atoms with van der Waals surface area (Å²) < 4.78 is 5.15. The third-order valence-electron chi connectivity index (χ3n) is 3.39. The number of halogens is 2. The van der Waals surface area contributed by atoms with Crippen LogP contribution in [0.3, 0.4) is 0 Å². The first-order valence-corrected chi connectivity index (χ1v) is 6.89. The molecule has 1 unspecified atom stereocenters. The number of alkyl halides is 1. The second-order valence-corrected chi connectivity index (χ2v) is 5.39. The lowest BCUT2D eigenvalue weighted by Crippen LogP contribution is -1.98. The molecule has 2 aromatic carbocycles. The highest BCUT2D eigenvalue weighted by molar-refractivity contribution is 6.32. The Balaban J connectivity index is 2.41. The van der Waals surface area contributed by atoms with Gasteiger partial charge in [-0.05, 0) is 48.2 Å². The predicted molar refractivity (Wildman–Crippen MR) is 81.6 cm³/mol. The fraction of sp³-hybridized carbons (Fsp3) is 0.250. The van der Waals surface area contributed by atoms with Crippen LogP contribution in [-0.4, -0.2) is 7.11 Å². The minimum atomic E-state index is -0.205. The molecule has 0 aliphatic carbocycles. The molecule has 0 spiro atoms. The fourth-order valence-corrected chi connectivity index (χ4v) is 2.71. The number of hydrogen-bond acceptors (Lipinski definition) is 1. The number of aryl methyl sites for hydroxylation is 1. The van der Waals surface area contributed by atoms with Gasteiger partial charge in [-0.1, -0.05) is 35.9 Å². The van der Waals surface area contributed by atoms with Crippen molar-refractivity contribution in [1.82, 2.24) is 0 Å². The Morgan fingerprint density at radius 2 is 1.84 bits per heavy atom. The molecule has 0 bridgehead atoms. The van der Waals surface area contributed by atoms with Gasteiger partial charge in [0.2, 0.25) is 0 Å². The lowest BCUT2D eigenvalue weighted by Gasteiger charge is -2.16. The molecule has 0 N–H and O–H groups in total. The van der Waals surface area contributed by atoms with Gasteiger partial charge in [-0.2, -0.15) is 0 Å². The maximum Gasteiger partial charge on any atom is 0.137 e. The molecular weight excluding hydrogens is 279 g/mol. The Morgan fingerprint density at radius 3 is 2.47 bits per heavy atom. The van der Waals surface area contributed by atoms with Crippen LogP contribution in [0, 0.1) is 13.8 Å². The highest BCUT2D eigenvalue weighted by Crippen LogP contribution is 2.35. The minimum absolute atomic E-state index is 0.205. The summed E-state index contributed by atoms with van der Waals surface area (Å²) in [6, 6.07) is 11.8. The van der Waals surface area contributed by atoms with Crippen molar-refractivity contribution in [3.05, 3.63) is 63.7 Å². The van der Waals surface area contributed by atoms with E-state index >= 15 is 0 Å². The van der Waals surface area contributed by atoms with Gasteiger partial charge < -0.3 is 4.74 Å². The third kappa shape index (κ3) is 2.88. The van der Waals surface area contributed by atoms with E-state index in [9.17, 15) is 0 Å². The first kappa shape index (κ1) is 14.2. The van der Waals surface area contributed by atoms with Crippen LogP contribution in [0.1, 0.15) is 27.6 Å². The molecule has 100 valence electrons. The zero-order valence-electron chi connectivity index (χ0n) is 11.2. The average molecular weight is 295 g/mol. The molecule has 0 aliphatic rings. The van der Waals surface area contributed by atoms with E-state index in [0.717, 1.165) is 11.1 Å². The Hall–Kier alpha value is -1.18. The lowest BCUT2D eigenvalue weighted by atomic mass is 9.97. The highest BCUT2D eigenvalue weighted by atomic mass is 35.5. The van der Waals surface area contributed by atoms with Crippen molar-refractivity contribution >= 4 is 23.2 Å². The van der Waals surface area contributed by atoms with Crippen LogP contribution in [0.2, 0.25) is 5.02 Å². The van der Waals surface area contributed by atoms with Crippen molar-refractivity contribution in [2.45, 2.75) is 19.2 Å². The van der Waals surface area contributed by atoms with E-state index in [-0.39, 0.29) is 5.38 Å². The number of benzene rings is 2. The van der Waals surface area contributed by atoms with E-state index in [4.69, 9.17) is 27.9 Å². The first-order valence-electron chi connectivity index (χ1n) is 6.08. The van der Waals surface area contributed by atoms with Gasteiger partial charge in [0.1, 0.15) is 5.75 Å². The zero-order valence-corrected chi connectivity index (χ0v) is 12.7. The maximum atomic E-state index is 6.58. The molecule has 19 heavy (non-hydrogen) atoms. The number of hydrogen-bond donors (Lipinski definition) is 0. The summed E-state index contributed by atoms with van der Waals surface area (Å²) in [5.74, 6) is 0.662. The number of ether oxygens (including phenoxy) is 1. The normalized spacial score (nSPS) is 12.3. The van der Waals surface area contributed by atoms with E-state index in [2.05, 4.69) is 26.0 Å². The molecule has 0 aliphatic heterocycles. The van der Waals surface area contributed by atoms with Gasteiger partial charge in [0, 0.05) is 0 Å². The molecule has 0 radical (unpaired) electrons. The smallest absolute Gasteiger partial charge is 0.137 e. The van der Waals surface area contributed by atoms with E-state index < -0.39 is 0 Å². The standard InChI is InChI=1S/C16H16Cl2O/c1-10-5-4-6-13(11(10)2)16(18)12-7-8-15(19-3)14(17)9-12/h4-9,16H,1-3H3. The van der Waals surface area contributed by atoms with Crippen LogP contribution in [0.4, 0.5) is 0 Å². The molecule has 0 saturated carbocycles. The summed E-state index contributed by atoms with van der Waals surface area (Å²) >= 11 is 12.7. The van der Waals surface area contributed by atoms with Crippen LogP contribution in [0.25, 0.3) is 0 Å².